The molecule has 3 aromatic rings. The van der Waals surface area contributed by atoms with Crippen molar-refractivity contribution in [3.05, 3.63) is 64.4 Å². The maximum Gasteiger partial charge on any atom is 0.263 e. The van der Waals surface area contributed by atoms with E-state index in [0.717, 1.165) is 42.5 Å². The number of nitrogens with zero attached hydrogens (tertiary/aromatic N) is 5. The first-order chi connectivity index (χ1) is 19.8. The van der Waals surface area contributed by atoms with Gasteiger partial charge in [-0.2, -0.15) is 5.10 Å². The van der Waals surface area contributed by atoms with Crippen LogP contribution in [0.15, 0.2) is 52.6 Å². The van der Waals surface area contributed by atoms with Gasteiger partial charge in [-0.3, -0.25) is 18.9 Å². The second-order valence-corrected chi connectivity index (χ2v) is 14.3. The van der Waals surface area contributed by atoms with Crippen LogP contribution in [-0.4, -0.2) is 57.9 Å². The molecular weight excluding hydrogens is 554 g/mol. The number of aryl methyl sites for hydroxylation is 1. The number of fused-ring (bicyclic) bond motifs is 1. The van der Waals surface area contributed by atoms with Crippen molar-refractivity contribution in [1.29, 1.82) is 0 Å². The molecule has 3 heterocycles. The number of benzene rings is 1. The fourth-order valence-electron chi connectivity index (χ4n) is 5.74. The third-order valence-corrected chi connectivity index (χ3v) is 10.6. The highest BCUT2D eigenvalue weighted by atomic mass is 32.2. The second kappa shape index (κ2) is 10.1. The molecule has 2 saturated carbocycles. The van der Waals surface area contributed by atoms with Crippen LogP contribution in [-0.2, 0) is 28.5 Å². The van der Waals surface area contributed by atoms with Crippen molar-refractivity contribution in [3.63, 3.8) is 0 Å². The van der Waals surface area contributed by atoms with Crippen LogP contribution in [0.3, 0.4) is 0 Å². The highest BCUT2D eigenvalue weighted by molar-refractivity contribution is 7.89. The Hall–Kier alpha value is -3.48. The number of hydrogen-bond donors (Lipinski definition) is 2. The topological polar surface area (TPSA) is 123 Å². The molecule has 1 aliphatic heterocycles. The predicted octanol–water partition coefficient (Wildman–Crippen LogP) is 3.77. The summed E-state index contributed by atoms with van der Waals surface area (Å²) < 4.78 is 33.2. The van der Waals surface area contributed by atoms with E-state index in [1.54, 1.807) is 24.0 Å². The number of anilines is 1. The molecule has 6 rings (SSSR count). The van der Waals surface area contributed by atoms with E-state index in [0.29, 0.717) is 24.0 Å². The average Bonchev–Trinajstić information content (AvgIpc) is 3.82. The molecule has 0 saturated heterocycles. The first-order valence-electron chi connectivity index (χ1n) is 14.4. The molecule has 224 valence electrons. The van der Waals surface area contributed by atoms with Crippen molar-refractivity contribution in [2.45, 2.75) is 75.9 Å². The van der Waals surface area contributed by atoms with Crippen LogP contribution in [0.1, 0.15) is 64.0 Å². The van der Waals surface area contributed by atoms with Crippen LogP contribution in [0.5, 0.6) is 0 Å². The monoisotopic (exact) mass is 593 g/mol. The van der Waals surface area contributed by atoms with Crippen LogP contribution in [0.25, 0.3) is 16.5 Å². The molecule has 0 radical (unpaired) electrons. The minimum Gasteiger partial charge on any atom is -0.368 e. The van der Waals surface area contributed by atoms with Crippen LogP contribution in [0, 0.1) is 5.41 Å². The van der Waals surface area contributed by atoms with Crippen LogP contribution >= 0.6 is 0 Å². The molecule has 1 atom stereocenters. The zero-order valence-corrected chi connectivity index (χ0v) is 25.7. The smallest absolute Gasteiger partial charge is 0.263 e. The lowest BCUT2D eigenvalue weighted by Gasteiger charge is -2.39. The Morgan fingerprint density at radius 3 is 2.55 bits per heavy atom. The van der Waals surface area contributed by atoms with E-state index in [-0.39, 0.29) is 39.8 Å². The number of rotatable bonds is 10. The van der Waals surface area contributed by atoms with Crippen LogP contribution in [0.2, 0.25) is 0 Å². The number of sulfonamides is 1. The standard InChI is InChI=1S/C30H39N7O4S/c1-19-13-22(7-12-36(19)20(2)29(3)8-9-29)24-14-23(42(39,40)34-30(4)10-11-30)15-25-26(24)32-28(33-41-6)37(27(25)38)18-21-16-31-35(5)17-21/h7,14-17,19,34H,2,8-13,18H2,1,3-6H3,(H,32,33)/t19-/m1/s1. The van der Waals surface area contributed by atoms with E-state index in [2.05, 4.69) is 46.7 Å². The number of hydrogen-bond acceptors (Lipinski definition) is 8. The molecule has 0 amide bonds. The normalized spacial score (nSPS) is 20.8. The predicted molar refractivity (Wildman–Crippen MR) is 162 cm³/mol. The molecule has 42 heavy (non-hydrogen) atoms. The Bertz CT molecular complexity index is 1780. The van der Waals surface area contributed by atoms with Gasteiger partial charge in [0.1, 0.15) is 0 Å². The Balaban J connectivity index is 1.51. The maximum absolute atomic E-state index is 14.1. The van der Waals surface area contributed by atoms with Gasteiger partial charge in [0.05, 0.1) is 35.6 Å². The molecular formula is C30H39N7O4S. The lowest BCUT2D eigenvalue weighted by molar-refractivity contribution is 0.254. The van der Waals surface area contributed by atoms with Gasteiger partial charge in [-0.05, 0) is 63.7 Å². The molecule has 3 aliphatic rings. The molecule has 0 unspecified atom stereocenters. The summed E-state index contributed by atoms with van der Waals surface area (Å²) in [6.45, 7) is 11.6. The van der Waals surface area contributed by atoms with E-state index in [1.807, 2.05) is 13.1 Å². The largest absolute Gasteiger partial charge is 0.368 e. The third kappa shape index (κ3) is 5.27. The van der Waals surface area contributed by atoms with E-state index in [9.17, 15) is 13.2 Å². The van der Waals surface area contributed by atoms with Crippen molar-refractivity contribution in [2.75, 3.05) is 19.1 Å². The molecule has 0 spiro atoms. The number of nitrogens with one attached hydrogen (secondary N) is 2. The average molecular weight is 594 g/mol. The maximum atomic E-state index is 14.1. The summed E-state index contributed by atoms with van der Waals surface area (Å²) in [5, 5.41) is 4.44. The summed E-state index contributed by atoms with van der Waals surface area (Å²) in [6.07, 6.45) is 10.1. The SMILES string of the molecule is C=C(N1CC=C(c2cc(S(=O)(=O)NC3(C)CC3)cc3c(=O)n(Cc4cnn(C)c4)c(NOC)nc23)C[C@H]1C)C1(C)CC1. The van der Waals surface area contributed by atoms with Crippen molar-refractivity contribution in [2.24, 2.45) is 12.5 Å². The first kappa shape index (κ1) is 28.6. The fourth-order valence-corrected chi connectivity index (χ4v) is 7.26. The first-order valence-corrected chi connectivity index (χ1v) is 15.9. The van der Waals surface area contributed by atoms with Gasteiger partial charge in [0.15, 0.2) is 0 Å². The summed E-state index contributed by atoms with van der Waals surface area (Å²) >= 11 is 0. The Morgan fingerprint density at radius 1 is 1.21 bits per heavy atom. The van der Waals surface area contributed by atoms with Crippen molar-refractivity contribution < 1.29 is 13.3 Å². The minimum absolute atomic E-state index is 0.0586. The molecule has 2 aromatic heterocycles. The molecule has 0 bridgehead atoms. The molecule has 11 nitrogen and oxygen atoms in total. The molecule has 2 aliphatic carbocycles. The highest BCUT2D eigenvalue weighted by Crippen LogP contribution is 2.52. The summed E-state index contributed by atoms with van der Waals surface area (Å²) in [5.41, 5.74) is 6.04. The zero-order valence-electron chi connectivity index (χ0n) is 24.9. The van der Waals surface area contributed by atoms with Gasteiger partial charge >= 0.3 is 0 Å². The van der Waals surface area contributed by atoms with E-state index in [4.69, 9.17) is 9.82 Å². The summed E-state index contributed by atoms with van der Waals surface area (Å²) in [5.74, 6) is 0.223. The van der Waals surface area contributed by atoms with Crippen LogP contribution in [0.4, 0.5) is 5.95 Å². The van der Waals surface area contributed by atoms with Gasteiger partial charge in [-0.1, -0.05) is 19.6 Å². The van der Waals surface area contributed by atoms with Crippen molar-refractivity contribution in [3.8, 4) is 0 Å². The van der Waals surface area contributed by atoms with Gasteiger partial charge in [0, 0.05) is 53.6 Å². The van der Waals surface area contributed by atoms with E-state index >= 15 is 0 Å². The molecule has 2 fully saturated rings. The minimum atomic E-state index is -3.89. The number of aromatic nitrogens is 4. The van der Waals surface area contributed by atoms with Gasteiger partial charge in [-0.25, -0.2) is 23.6 Å². The highest BCUT2D eigenvalue weighted by Gasteiger charge is 2.44. The summed E-state index contributed by atoms with van der Waals surface area (Å²) in [4.78, 5) is 26.6. The van der Waals surface area contributed by atoms with Gasteiger partial charge < -0.3 is 4.90 Å². The van der Waals surface area contributed by atoms with Crippen LogP contribution < -0.4 is 15.8 Å². The summed E-state index contributed by atoms with van der Waals surface area (Å²) in [6, 6.07) is 3.26. The van der Waals surface area contributed by atoms with Gasteiger partial charge in [0.2, 0.25) is 16.0 Å². The second-order valence-electron chi connectivity index (χ2n) is 12.6. The number of allylic oxidation sites excluding steroid dienone is 1. The quantitative estimate of drug-likeness (QED) is 0.341. The Labute approximate surface area is 246 Å². The van der Waals surface area contributed by atoms with E-state index in [1.165, 1.54) is 17.7 Å². The molecule has 1 aromatic carbocycles. The van der Waals surface area contributed by atoms with Crippen molar-refractivity contribution in [1.82, 2.24) is 29.0 Å². The fraction of sp³-hybridized carbons (Fsp3) is 0.500. The Morgan fingerprint density at radius 2 is 1.95 bits per heavy atom. The molecule has 2 N–H and O–H groups in total. The third-order valence-electron chi connectivity index (χ3n) is 8.99. The Kier molecular flexibility index (Phi) is 6.86. The zero-order chi connectivity index (χ0) is 30.0. The van der Waals surface area contributed by atoms with E-state index < -0.39 is 15.6 Å². The van der Waals surface area contributed by atoms with Gasteiger partial charge in [-0.15, -0.1) is 0 Å². The summed E-state index contributed by atoms with van der Waals surface area (Å²) in [7, 11) is -0.635. The van der Waals surface area contributed by atoms with Crippen molar-refractivity contribution >= 4 is 32.4 Å². The lowest BCUT2D eigenvalue weighted by atomic mass is 9.91. The molecule has 12 heteroatoms. The lowest BCUT2D eigenvalue weighted by Crippen LogP contribution is -2.38. The van der Waals surface area contributed by atoms with Gasteiger partial charge in [0.25, 0.3) is 5.56 Å².